The molecule has 0 saturated heterocycles. The van der Waals surface area contributed by atoms with Crippen molar-refractivity contribution in [3.8, 4) is 12.1 Å². The smallest absolute Gasteiger partial charge is 0.378 e. The van der Waals surface area contributed by atoms with Crippen LogP contribution in [-0.4, -0.2) is 57.2 Å². The van der Waals surface area contributed by atoms with E-state index in [0.29, 0.717) is 17.1 Å². The molecule has 3 aromatic heterocycles. The predicted molar refractivity (Wildman–Crippen MR) is 218 cm³/mol. The third-order valence-corrected chi connectivity index (χ3v) is 10.2. The molecule has 0 amide bonds. The van der Waals surface area contributed by atoms with Crippen molar-refractivity contribution in [3.63, 3.8) is 0 Å². The normalized spacial score (nSPS) is 11.7. The van der Waals surface area contributed by atoms with E-state index in [0.717, 1.165) is 29.6 Å². The maximum absolute atomic E-state index is 15.3. The van der Waals surface area contributed by atoms with E-state index in [2.05, 4.69) is 38.0 Å². The first-order valence-corrected chi connectivity index (χ1v) is 18.2. The van der Waals surface area contributed by atoms with E-state index in [-0.39, 0.29) is 31.4 Å². The van der Waals surface area contributed by atoms with Crippen molar-refractivity contribution < 1.29 is 46.4 Å². The second-order valence-corrected chi connectivity index (χ2v) is 14.5. The van der Waals surface area contributed by atoms with E-state index in [9.17, 15) is 23.7 Å². The summed E-state index contributed by atoms with van der Waals surface area (Å²) < 4.78 is 87.8. The molecule has 0 N–H and O–H groups in total. The minimum atomic E-state index is -1.83. The van der Waals surface area contributed by atoms with Crippen LogP contribution >= 0.6 is 0 Å². The van der Waals surface area contributed by atoms with Gasteiger partial charge in [-0.2, -0.15) is 34.8 Å². The van der Waals surface area contributed by atoms with Gasteiger partial charge in [0.2, 0.25) is 0 Å². The van der Waals surface area contributed by atoms with E-state index in [4.69, 9.17) is 6.57 Å². The van der Waals surface area contributed by atoms with Crippen LogP contribution in [0.25, 0.3) is 4.85 Å². The topological polar surface area (TPSA) is 100 Å². The number of benzene rings is 3. The van der Waals surface area contributed by atoms with Gasteiger partial charge in [-0.15, -0.1) is 28.8 Å². The van der Waals surface area contributed by atoms with Crippen molar-refractivity contribution in [1.82, 2.24) is 15.0 Å². The van der Waals surface area contributed by atoms with Gasteiger partial charge in [0.25, 0.3) is 0 Å². The molecule has 0 spiro atoms. The molecule has 9 nitrogen and oxygen atoms in total. The van der Waals surface area contributed by atoms with Crippen LogP contribution in [0.15, 0.2) is 73.2 Å². The standard InChI is InChI=1S/C23H14F4N4.C23H22F2N5.Ir/c1-23(19-11-13(31(3)4)9-10-30-19,15-5-7-17(24)14(12-28)20(15)26)16-6-8-18(25)22(29-2)21(16)27;1-23(20-12-15(29(2)3)8-10-27-20,21-13-16(30(4)5)9-11-28-21)18-6-7-19(24)17(14-26)22(18)25;/h7-11H,1,3-4H3;7-13H,1-5H3;/q-2;-1;+3. The Morgan fingerprint density at radius 2 is 0.887 bits per heavy atom. The van der Waals surface area contributed by atoms with Crippen LogP contribution in [-0.2, 0) is 30.9 Å². The number of nitriles is 2. The number of pyridine rings is 3. The summed E-state index contributed by atoms with van der Waals surface area (Å²) in [6, 6.07) is 23.7. The quantitative estimate of drug-likeness (QED) is 0.105. The molecule has 6 rings (SSSR count). The fourth-order valence-corrected chi connectivity index (χ4v) is 6.57. The molecule has 0 radical (unpaired) electrons. The summed E-state index contributed by atoms with van der Waals surface area (Å²) in [5.74, 6) is -6.70. The Kier molecular flexibility index (Phi) is 14.9. The Bertz CT molecular complexity index is 2640. The third kappa shape index (κ3) is 8.82. The molecule has 0 saturated carbocycles. The summed E-state index contributed by atoms with van der Waals surface area (Å²) in [5, 5.41) is 18.5. The number of rotatable bonds is 9. The fourth-order valence-electron chi connectivity index (χ4n) is 6.57. The van der Waals surface area contributed by atoms with Gasteiger partial charge in [0.1, 0.15) is 5.69 Å². The third-order valence-electron chi connectivity index (χ3n) is 10.2. The van der Waals surface area contributed by atoms with Crippen molar-refractivity contribution >= 4 is 22.7 Å². The number of hydrogen-bond donors (Lipinski definition) is 0. The van der Waals surface area contributed by atoms with Crippen LogP contribution in [0.4, 0.5) is 49.1 Å². The zero-order chi connectivity index (χ0) is 45.0. The van der Waals surface area contributed by atoms with Crippen LogP contribution in [0, 0.1) is 82.3 Å². The van der Waals surface area contributed by atoms with E-state index >= 15 is 13.2 Å². The minimum absolute atomic E-state index is 0. The predicted octanol–water partition coefficient (Wildman–Crippen LogP) is 8.99. The van der Waals surface area contributed by atoms with Gasteiger partial charge >= 0.3 is 20.1 Å². The van der Waals surface area contributed by atoms with Gasteiger partial charge in [-0.05, 0) is 50.2 Å². The monoisotopic (exact) mass is 1020 g/mol. The molecule has 0 aliphatic carbocycles. The molecular formula is C46H36F6IrN9. The van der Waals surface area contributed by atoms with Gasteiger partial charge in [0.05, 0.1) is 41.2 Å². The minimum Gasteiger partial charge on any atom is -0.378 e. The van der Waals surface area contributed by atoms with Crippen LogP contribution in [0.1, 0.15) is 58.7 Å². The van der Waals surface area contributed by atoms with Gasteiger partial charge in [0.15, 0.2) is 0 Å². The summed E-state index contributed by atoms with van der Waals surface area (Å²) in [4.78, 5) is 21.6. The molecular weight excluding hydrogens is 985 g/mol. The van der Waals surface area contributed by atoms with Crippen molar-refractivity contribution in [2.24, 2.45) is 0 Å². The second kappa shape index (κ2) is 19.3. The van der Waals surface area contributed by atoms with Gasteiger partial charge in [-0.1, -0.05) is 0 Å². The Hall–Kier alpha value is -6.79. The van der Waals surface area contributed by atoms with Gasteiger partial charge in [-0.25, -0.2) is 0 Å². The molecule has 1 atom stereocenters. The van der Waals surface area contributed by atoms with E-state index in [1.165, 1.54) is 25.3 Å². The van der Waals surface area contributed by atoms with Crippen molar-refractivity contribution in [3.05, 3.63) is 183 Å². The molecule has 0 aliphatic heterocycles. The Morgan fingerprint density at radius 3 is 1.23 bits per heavy atom. The molecule has 0 fully saturated rings. The fraction of sp³-hybridized carbons (Fsp3) is 0.217. The molecule has 0 aliphatic rings. The van der Waals surface area contributed by atoms with Crippen LogP contribution in [0.5, 0.6) is 0 Å². The van der Waals surface area contributed by atoms with Crippen LogP contribution in [0.3, 0.4) is 0 Å². The van der Waals surface area contributed by atoms with Crippen LogP contribution in [0.2, 0.25) is 0 Å². The van der Waals surface area contributed by atoms with Gasteiger partial charge in [0, 0.05) is 129 Å². The zero-order valence-electron chi connectivity index (χ0n) is 34.6. The first-order valence-electron chi connectivity index (χ1n) is 18.2. The molecule has 6 aromatic rings. The molecule has 16 heteroatoms. The number of aromatic nitrogens is 3. The largest absolute Gasteiger partial charge is 3.00 e. The number of halogens is 6. The Balaban J connectivity index is 0.000000268. The molecule has 316 valence electrons. The molecule has 62 heavy (non-hydrogen) atoms. The average Bonchev–Trinajstić information content (AvgIpc) is 3.24. The van der Waals surface area contributed by atoms with Gasteiger partial charge in [-0.3, -0.25) is 46.1 Å². The second-order valence-electron chi connectivity index (χ2n) is 14.5. The number of nitrogens with zero attached hydrogens (tertiary/aromatic N) is 9. The Morgan fingerprint density at radius 1 is 0.565 bits per heavy atom. The summed E-state index contributed by atoms with van der Waals surface area (Å²) in [6.45, 7) is 10.2. The molecule has 3 heterocycles. The van der Waals surface area contributed by atoms with E-state index in [1.54, 1.807) is 50.4 Å². The number of anilines is 3. The molecule has 0 bridgehead atoms. The summed E-state index contributed by atoms with van der Waals surface area (Å²) >= 11 is 0. The van der Waals surface area contributed by atoms with Crippen molar-refractivity contribution in [2.45, 2.75) is 24.7 Å². The average molecular weight is 1020 g/mol. The van der Waals surface area contributed by atoms with Crippen molar-refractivity contribution in [2.75, 3.05) is 57.0 Å². The van der Waals surface area contributed by atoms with E-state index in [1.807, 2.05) is 62.3 Å². The first kappa shape index (κ1) is 47.9. The number of hydrogen-bond acceptors (Lipinski definition) is 8. The summed E-state index contributed by atoms with van der Waals surface area (Å²) in [7, 11) is 11.0. The van der Waals surface area contributed by atoms with Gasteiger partial charge < -0.3 is 14.7 Å². The van der Waals surface area contributed by atoms with E-state index < -0.39 is 73.7 Å². The summed E-state index contributed by atoms with van der Waals surface area (Å²) in [5.41, 5.74) is -2.80. The first-order chi connectivity index (χ1) is 28.9. The Labute approximate surface area is 369 Å². The maximum atomic E-state index is 15.3. The SMILES string of the molecule is CN(C)c1ccnc(C(C)(c2cc(N(C)C)ccn2)c2[c-]cc(F)c(C#N)c2F)c1.[C-]#[N+]c1c(F)c[c-]c(C(C)(c2cc(N(C)C)ccn2)c2[c-]cc(F)c(C#N)c2F)c1F.[Ir+3]. The zero-order valence-corrected chi connectivity index (χ0v) is 36.9. The van der Waals surface area contributed by atoms with Crippen LogP contribution < -0.4 is 14.7 Å². The maximum Gasteiger partial charge on any atom is 3.00 e. The molecule has 3 aromatic carbocycles. The summed E-state index contributed by atoms with van der Waals surface area (Å²) in [6.07, 6.45) is 4.67. The molecule has 1 unspecified atom stereocenters. The van der Waals surface area contributed by atoms with Crippen molar-refractivity contribution in [1.29, 1.82) is 10.5 Å².